The maximum Gasteiger partial charge on any atom is 0.322 e. The third kappa shape index (κ3) is 4.84. The van der Waals surface area contributed by atoms with Gasteiger partial charge in [0.1, 0.15) is 6.04 Å². The zero-order valence-corrected chi connectivity index (χ0v) is 15.1. The van der Waals surface area contributed by atoms with Crippen LogP contribution >= 0.6 is 0 Å². The second kappa shape index (κ2) is 8.35. The van der Waals surface area contributed by atoms with Crippen molar-refractivity contribution in [3.05, 3.63) is 54.6 Å². The summed E-state index contributed by atoms with van der Waals surface area (Å²) < 4.78 is 0. The Labute approximate surface area is 157 Å². The van der Waals surface area contributed by atoms with E-state index in [-0.39, 0.29) is 17.8 Å². The lowest BCUT2D eigenvalue weighted by Gasteiger charge is -2.24. The number of para-hydroxylation sites is 1. The highest BCUT2D eigenvalue weighted by Gasteiger charge is 2.34. The zero-order chi connectivity index (χ0) is 19.2. The average Bonchev–Trinajstić information content (AvgIpc) is 3.14. The zero-order valence-electron chi connectivity index (χ0n) is 15.1. The standard InChI is InChI=1S/C20H22N4O3/c1-14(25)21-16-9-11-17(12-10-16)22-19(26)18-8-5-13-24(18)20(27)23-15-6-3-2-4-7-15/h2-4,6-7,9-12,18H,5,8,13H2,1H3,(H,21,25)(H,22,26)(H,23,27). The van der Waals surface area contributed by atoms with Crippen LogP contribution in [0.4, 0.5) is 21.9 Å². The molecule has 1 atom stereocenters. The summed E-state index contributed by atoms with van der Waals surface area (Å²) in [5.74, 6) is -0.374. The Kier molecular flexibility index (Phi) is 5.71. The number of hydrogen-bond donors (Lipinski definition) is 3. The summed E-state index contributed by atoms with van der Waals surface area (Å²) in [6, 6.07) is 15.2. The van der Waals surface area contributed by atoms with Crippen molar-refractivity contribution in [2.45, 2.75) is 25.8 Å². The minimum Gasteiger partial charge on any atom is -0.326 e. The van der Waals surface area contributed by atoms with Gasteiger partial charge in [0, 0.05) is 30.5 Å². The number of anilines is 3. The van der Waals surface area contributed by atoms with E-state index in [1.165, 1.54) is 6.92 Å². The van der Waals surface area contributed by atoms with Gasteiger partial charge in [-0.05, 0) is 49.2 Å². The van der Waals surface area contributed by atoms with Gasteiger partial charge in [-0.3, -0.25) is 9.59 Å². The molecule has 1 aliphatic rings. The Hall–Kier alpha value is -3.35. The molecule has 3 N–H and O–H groups in total. The van der Waals surface area contributed by atoms with E-state index in [9.17, 15) is 14.4 Å². The summed E-state index contributed by atoms with van der Waals surface area (Å²) in [6.45, 7) is 1.98. The molecule has 0 aliphatic carbocycles. The number of hydrogen-bond acceptors (Lipinski definition) is 3. The predicted molar refractivity (Wildman–Crippen MR) is 105 cm³/mol. The molecule has 1 heterocycles. The van der Waals surface area contributed by atoms with Gasteiger partial charge in [-0.2, -0.15) is 0 Å². The third-order valence-corrected chi connectivity index (χ3v) is 4.31. The third-order valence-electron chi connectivity index (χ3n) is 4.31. The fraction of sp³-hybridized carbons (Fsp3) is 0.250. The smallest absolute Gasteiger partial charge is 0.322 e. The molecule has 0 bridgehead atoms. The lowest BCUT2D eigenvalue weighted by molar-refractivity contribution is -0.119. The van der Waals surface area contributed by atoms with Gasteiger partial charge < -0.3 is 20.9 Å². The molecule has 140 valence electrons. The molecule has 4 amide bonds. The minimum atomic E-state index is -0.510. The van der Waals surface area contributed by atoms with Crippen molar-refractivity contribution in [1.82, 2.24) is 4.90 Å². The van der Waals surface area contributed by atoms with E-state index in [0.717, 1.165) is 6.42 Å². The summed E-state index contributed by atoms with van der Waals surface area (Å²) in [4.78, 5) is 37.8. The molecule has 2 aromatic carbocycles. The molecule has 7 nitrogen and oxygen atoms in total. The highest BCUT2D eigenvalue weighted by atomic mass is 16.2. The van der Waals surface area contributed by atoms with Gasteiger partial charge in [0.2, 0.25) is 11.8 Å². The first-order valence-electron chi connectivity index (χ1n) is 8.84. The summed E-state index contributed by atoms with van der Waals surface area (Å²) in [7, 11) is 0. The number of nitrogens with zero attached hydrogens (tertiary/aromatic N) is 1. The average molecular weight is 366 g/mol. The highest BCUT2D eigenvalue weighted by Crippen LogP contribution is 2.21. The molecule has 0 aromatic heterocycles. The van der Waals surface area contributed by atoms with Crippen LogP contribution in [0.2, 0.25) is 0 Å². The monoisotopic (exact) mass is 366 g/mol. The van der Waals surface area contributed by atoms with Gasteiger partial charge in [-0.1, -0.05) is 18.2 Å². The Morgan fingerprint density at radius 2 is 1.44 bits per heavy atom. The molecule has 2 aromatic rings. The molecular formula is C20H22N4O3. The number of urea groups is 1. The van der Waals surface area contributed by atoms with Crippen molar-refractivity contribution >= 4 is 34.9 Å². The van der Waals surface area contributed by atoms with Gasteiger partial charge in [-0.25, -0.2) is 4.79 Å². The van der Waals surface area contributed by atoms with Crippen molar-refractivity contribution in [1.29, 1.82) is 0 Å². The normalized spacial score (nSPS) is 15.9. The Morgan fingerprint density at radius 3 is 2.07 bits per heavy atom. The summed E-state index contributed by atoms with van der Waals surface area (Å²) in [5.41, 5.74) is 1.97. The van der Waals surface area contributed by atoms with Gasteiger partial charge in [0.05, 0.1) is 0 Å². The van der Waals surface area contributed by atoms with Crippen LogP contribution in [0.3, 0.4) is 0 Å². The molecule has 7 heteroatoms. The second-order valence-electron chi connectivity index (χ2n) is 6.40. The molecule has 0 spiro atoms. The van der Waals surface area contributed by atoms with Crippen molar-refractivity contribution in [2.24, 2.45) is 0 Å². The summed E-state index contributed by atoms with van der Waals surface area (Å²) in [6.07, 6.45) is 1.40. The van der Waals surface area contributed by atoms with E-state index in [0.29, 0.717) is 30.0 Å². The maximum atomic E-state index is 12.6. The van der Waals surface area contributed by atoms with Crippen LogP contribution in [-0.2, 0) is 9.59 Å². The first-order valence-corrected chi connectivity index (χ1v) is 8.84. The fourth-order valence-electron chi connectivity index (χ4n) is 3.06. The van der Waals surface area contributed by atoms with Crippen LogP contribution in [0, 0.1) is 0 Å². The van der Waals surface area contributed by atoms with Gasteiger partial charge in [0.25, 0.3) is 0 Å². The van der Waals surface area contributed by atoms with Gasteiger partial charge in [0.15, 0.2) is 0 Å². The topological polar surface area (TPSA) is 90.5 Å². The van der Waals surface area contributed by atoms with Gasteiger partial charge in [-0.15, -0.1) is 0 Å². The molecule has 1 unspecified atom stereocenters. The molecule has 1 saturated heterocycles. The summed E-state index contributed by atoms with van der Waals surface area (Å²) >= 11 is 0. The Morgan fingerprint density at radius 1 is 0.852 bits per heavy atom. The van der Waals surface area contributed by atoms with E-state index in [4.69, 9.17) is 0 Å². The van der Waals surface area contributed by atoms with Crippen LogP contribution < -0.4 is 16.0 Å². The SMILES string of the molecule is CC(=O)Nc1ccc(NC(=O)C2CCCN2C(=O)Nc2ccccc2)cc1. The Balaban J connectivity index is 1.61. The van der Waals surface area contributed by atoms with Crippen LogP contribution in [-0.4, -0.2) is 35.3 Å². The van der Waals surface area contributed by atoms with Crippen LogP contribution in [0.5, 0.6) is 0 Å². The van der Waals surface area contributed by atoms with Crippen LogP contribution in [0.1, 0.15) is 19.8 Å². The minimum absolute atomic E-state index is 0.155. The van der Waals surface area contributed by atoms with Crippen molar-refractivity contribution in [2.75, 3.05) is 22.5 Å². The first-order chi connectivity index (χ1) is 13.0. The molecule has 0 saturated carbocycles. The maximum absolute atomic E-state index is 12.6. The predicted octanol–water partition coefficient (Wildman–Crippen LogP) is 3.28. The largest absolute Gasteiger partial charge is 0.326 e. The lowest BCUT2D eigenvalue weighted by Crippen LogP contribution is -2.45. The molecule has 1 aliphatic heterocycles. The number of nitrogens with one attached hydrogen (secondary N) is 3. The number of benzene rings is 2. The fourth-order valence-corrected chi connectivity index (χ4v) is 3.06. The first kappa shape index (κ1) is 18.4. The van der Waals surface area contributed by atoms with E-state index >= 15 is 0 Å². The quantitative estimate of drug-likeness (QED) is 0.775. The molecule has 27 heavy (non-hydrogen) atoms. The molecular weight excluding hydrogens is 344 g/mol. The highest BCUT2D eigenvalue weighted by molar-refractivity contribution is 5.99. The van der Waals surface area contributed by atoms with Crippen LogP contribution in [0.15, 0.2) is 54.6 Å². The number of amides is 4. The molecule has 3 rings (SSSR count). The van der Waals surface area contributed by atoms with E-state index in [1.54, 1.807) is 41.3 Å². The van der Waals surface area contributed by atoms with Crippen molar-refractivity contribution in [3.8, 4) is 0 Å². The number of carbonyl (C=O) groups excluding carboxylic acids is 3. The van der Waals surface area contributed by atoms with Gasteiger partial charge >= 0.3 is 6.03 Å². The number of likely N-dealkylation sites (tertiary alicyclic amines) is 1. The second-order valence-corrected chi connectivity index (χ2v) is 6.40. The number of carbonyl (C=O) groups is 3. The van der Waals surface area contributed by atoms with E-state index in [1.807, 2.05) is 18.2 Å². The lowest BCUT2D eigenvalue weighted by atomic mass is 10.2. The summed E-state index contributed by atoms with van der Waals surface area (Å²) in [5, 5.41) is 8.34. The van der Waals surface area contributed by atoms with Crippen LogP contribution in [0.25, 0.3) is 0 Å². The molecule has 1 fully saturated rings. The molecule has 0 radical (unpaired) electrons. The Bertz CT molecular complexity index is 821. The van der Waals surface area contributed by atoms with E-state index < -0.39 is 6.04 Å². The number of rotatable bonds is 4. The van der Waals surface area contributed by atoms with Crippen molar-refractivity contribution in [3.63, 3.8) is 0 Å². The van der Waals surface area contributed by atoms with E-state index in [2.05, 4.69) is 16.0 Å². The van der Waals surface area contributed by atoms with Crippen molar-refractivity contribution < 1.29 is 14.4 Å².